The van der Waals surface area contributed by atoms with Crippen LogP contribution < -0.4 is 0 Å². The molecule has 1 aliphatic rings. The van der Waals surface area contributed by atoms with E-state index in [-0.39, 0.29) is 4.90 Å². The third-order valence-corrected chi connectivity index (χ3v) is 5.78. The highest BCUT2D eigenvalue weighted by molar-refractivity contribution is 7.90. The summed E-state index contributed by atoms with van der Waals surface area (Å²) in [6, 6.07) is 7.08. The molecule has 0 aliphatic carbocycles. The third-order valence-electron chi connectivity index (χ3n) is 4.65. The molecule has 2 atom stereocenters. The topological polar surface area (TPSA) is 60.9 Å². The van der Waals surface area contributed by atoms with Crippen molar-refractivity contribution in [2.24, 2.45) is 0 Å². The zero-order valence-corrected chi connectivity index (χ0v) is 15.3. The van der Waals surface area contributed by atoms with Gasteiger partial charge in [-0.25, -0.2) is 8.42 Å². The number of likely N-dealkylation sites (tertiary alicyclic amines) is 1. The first-order chi connectivity index (χ1) is 10.6. The monoisotopic (exact) mass is 340 g/mol. The molecule has 1 fully saturated rings. The molecule has 0 aromatic heterocycles. The lowest BCUT2D eigenvalue weighted by Crippen LogP contribution is -2.49. The van der Waals surface area contributed by atoms with Gasteiger partial charge in [0, 0.05) is 25.4 Å². The summed E-state index contributed by atoms with van der Waals surface area (Å²) in [4.78, 5) is 4.81. The van der Waals surface area contributed by atoms with Gasteiger partial charge in [0.2, 0.25) is 0 Å². The molecule has 2 rings (SSSR count). The summed E-state index contributed by atoms with van der Waals surface area (Å²) in [6.45, 7) is 4.28. The summed E-state index contributed by atoms with van der Waals surface area (Å²) in [7, 11) is 0.980. The smallest absolute Gasteiger partial charge is 0.175 e. The van der Waals surface area contributed by atoms with Crippen molar-refractivity contribution in [2.75, 3.05) is 40.0 Å². The third kappa shape index (κ3) is 4.76. The summed E-state index contributed by atoms with van der Waals surface area (Å²) in [5, 5.41) is 10.9. The van der Waals surface area contributed by atoms with E-state index in [1.54, 1.807) is 31.2 Å². The summed E-state index contributed by atoms with van der Waals surface area (Å²) >= 11 is 0. The van der Waals surface area contributed by atoms with Gasteiger partial charge < -0.3 is 10.0 Å². The average molecular weight is 340 g/mol. The van der Waals surface area contributed by atoms with E-state index in [9.17, 15) is 13.5 Å². The lowest BCUT2D eigenvalue weighted by Gasteiger charge is -2.39. The number of nitrogens with zero attached hydrogens (tertiary/aromatic N) is 2. The van der Waals surface area contributed by atoms with Gasteiger partial charge in [-0.1, -0.05) is 12.1 Å². The van der Waals surface area contributed by atoms with Crippen molar-refractivity contribution in [3.05, 3.63) is 29.8 Å². The number of sulfone groups is 1. The van der Waals surface area contributed by atoms with Gasteiger partial charge in [0.15, 0.2) is 9.84 Å². The predicted octanol–water partition coefficient (Wildman–Crippen LogP) is 1.32. The molecule has 6 heteroatoms. The Morgan fingerprint density at radius 3 is 2.43 bits per heavy atom. The molecular weight excluding hydrogens is 312 g/mol. The maximum Gasteiger partial charge on any atom is 0.175 e. The molecule has 0 bridgehead atoms. The molecule has 0 unspecified atom stereocenters. The van der Waals surface area contributed by atoms with Crippen LogP contribution in [0.2, 0.25) is 0 Å². The predicted molar refractivity (Wildman–Crippen MR) is 92.3 cm³/mol. The second kappa shape index (κ2) is 6.89. The Labute approximate surface area is 139 Å². The van der Waals surface area contributed by atoms with Crippen molar-refractivity contribution in [1.29, 1.82) is 0 Å². The second-order valence-electron chi connectivity index (χ2n) is 7.07. The Hall–Kier alpha value is -0.950. The maximum atomic E-state index is 11.5. The van der Waals surface area contributed by atoms with E-state index >= 15 is 0 Å². The SMILES string of the molecule is CN(C)[C@H]1CCCN(C[C@@](C)(O)c2ccc(S(C)(=O)=O)cc2)C1. The molecule has 130 valence electrons. The quantitative estimate of drug-likeness (QED) is 0.876. The largest absolute Gasteiger partial charge is 0.384 e. The van der Waals surface area contributed by atoms with Gasteiger partial charge in [-0.05, 0) is 58.1 Å². The molecule has 1 aromatic rings. The number of likely N-dealkylation sites (N-methyl/N-ethyl adjacent to an activating group) is 1. The van der Waals surface area contributed by atoms with Crippen LogP contribution in [0.25, 0.3) is 0 Å². The van der Waals surface area contributed by atoms with E-state index in [1.165, 1.54) is 12.7 Å². The number of rotatable bonds is 5. The Morgan fingerprint density at radius 1 is 1.30 bits per heavy atom. The summed E-state index contributed by atoms with van der Waals surface area (Å²) in [5.41, 5.74) is -0.249. The minimum Gasteiger partial charge on any atom is -0.384 e. The number of hydrogen-bond acceptors (Lipinski definition) is 5. The molecule has 0 spiro atoms. The van der Waals surface area contributed by atoms with Crippen molar-refractivity contribution in [3.8, 4) is 0 Å². The normalized spacial score (nSPS) is 23.0. The van der Waals surface area contributed by atoms with Gasteiger partial charge in [0.25, 0.3) is 0 Å². The minimum atomic E-state index is -3.21. The van der Waals surface area contributed by atoms with Gasteiger partial charge in [0.1, 0.15) is 0 Å². The molecule has 5 nitrogen and oxygen atoms in total. The van der Waals surface area contributed by atoms with Crippen molar-refractivity contribution in [3.63, 3.8) is 0 Å². The fraction of sp³-hybridized carbons (Fsp3) is 0.647. The zero-order valence-electron chi connectivity index (χ0n) is 14.5. The second-order valence-corrected chi connectivity index (χ2v) is 9.08. The van der Waals surface area contributed by atoms with Crippen LogP contribution >= 0.6 is 0 Å². The van der Waals surface area contributed by atoms with E-state index in [1.807, 2.05) is 0 Å². The number of piperidine rings is 1. The number of β-amino-alcohol motifs (C(OH)–C–C–N with tert-alkyl or cyclic N) is 1. The zero-order chi connectivity index (χ0) is 17.3. The molecule has 0 saturated carbocycles. The van der Waals surface area contributed by atoms with Crippen LogP contribution in [0.1, 0.15) is 25.3 Å². The Bertz CT molecular complexity index is 624. The van der Waals surface area contributed by atoms with E-state index in [0.29, 0.717) is 12.6 Å². The fourth-order valence-electron chi connectivity index (χ4n) is 3.18. The highest BCUT2D eigenvalue weighted by atomic mass is 32.2. The van der Waals surface area contributed by atoms with E-state index < -0.39 is 15.4 Å². The molecular formula is C17H28N2O3S. The van der Waals surface area contributed by atoms with Crippen LogP contribution in [-0.2, 0) is 15.4 Å². The average Bonchev–Trinajstić information content (AvgIpc) is 2.46. The molecule has 0 radical (unpaired) electrons. The lowest BCUT2D eigenvalue weighted by molar-refractivity contribution is -0.000181. The Morgan fingerprint density at radius 2 is 1.91 bits per heavy atom. The summed E-state index contributed by atoms with van der Waals surface area (Å²) in [6.07, 6.45) is 3.51. The van der Waals surface area contributed by atoms with Crippen molar-refractivity contribution >= 4 is 9.84 Å². The molecule has 1 N–H and O–H groups in total. The molecule has 23 heavy (non-hydrogen) atoms. The number of benzene rings is 1. The number of aliphatic hydroxyl groups is 1. The lowest BCUT2D eigenvalue weighted by atomic mass is 9.94. The minimum absolute atomic E-state index is 0.280. The first-order valence-corrected chi connectivity index (χ1v) is 9.90. The Kier molecular flexibility index (Phi) is 5.51. The van der Waals surface area contributed by atoms with Crippen molar-refractivity contribution < 1.29 is 13.5 Å². The highest BCUT2D eigenvalue weighted by Gasteiger charge is 2.30. The van der Waals surface area contributed by atoms with Crippen LogP contribution in [0.3, 0.4) is 0 Å². The van der Waals surface area contributed by atoms with Gasteiger partial charge >= 0.3 is 0 Å². The van der Waals surface area contributed by atoms with Crippen LogP contribution in [0.15, 0.2) is 29.2 Å². The summed E-state index contributed by atoms with van der Waals surface area (Å²) < 4.78 is 23.1. The van der Waals surface area contributed by atoms with Crippen molar-refractivity contribution in [2.45, 2.75) is 36.3 Å². The van der Waals surface area contributed by atoms with Gasteiger partial charge in [-0.3, -0.25) is 4.90 Å². The molecule has 1 aromatic carbocycles. The van der Waals surface area contributed by atoms with Gasteiger partial charge in [-0.15, -0.1) is 0 Å². The van der Waals surface area contributed by atoms with Crippen LogP contribution in [0.5, 0.6) is 0 Å². The van der Waals surface area contributed by atoms with E-state index in [4.69, 9.17) is 0 Å². The van der Waals surface area contributed by atoms with Gasteiger partial charge in [0.05, 0.1) is 10.5 Å². The van der Waals surface area contributed by atoms with E-state index in [0.717, 1.165) is 25.1 Å². The highest BCUT2D eigenvalue weighted by Crippen LogP contribution is 2.25. The van der Waals surface area contributed by atoms with Crippen molar-refractivity contribution in [1.82, 2.24) is 9.80 Å². The van der Waals surface area contributed by atoms with Crippen LogP contribution in [-0.4, -0.2) is 69.4 Å². The fourth-order valence-corrected chi connectivity index (χ4v) is 3.81. The number of hydrogen-bond donors (Lipinski definition) is 1. The molecule has 1 heterocycles. The van der Waals surface area contributed by atoms with Gasteiger partial charge in [-0.2, -0.15) is 0 Å². The van der Waals surface area contributed by atoms with Crippen LogP contribution in [0, 0.1) is 0 Å². The molecule has 0 amide bonds. The molecule has 1 aliphatic heterocycles. The summed E-state index contributed by atoms with van der Waals surface area (Å²) in [5.74, 6) is 0. The first kappa shape index (κ1) is 18.4. The standard InChI is InChI=1S/C17H28N2O3S/c1-17(20,13-19-11-5-6-15(12-19)18(2)3)14-7-9-16(10-8-14)23(4,21)22/h7-10,15,20H,5-6,11-13H2,1-4H3/t15-,17+/m0/s1. The maximum absolute atomic E-state index is 11.5. The van der Waals surface area contributed by atoms with Crippen LogP contribution in [0.4, 0.5) is 0 Å². The van der Waals surface area contributed by atoms with E-state index in [2.05, 4.69) is 23.9 Å². The molecule has 1 saturated heterocycles. The first-order valence-electron chi connectivity index (χ1n) is 8.01. The Balaban J connectivity index is 2.09.